The van der Waals surface area contributed by atoms with E-state index in [2.05, 4.69) is 20.8 Å². The number of carboxylic acid groups (broad SMARTS) is 1. The first-order valence-corrected chi connectivity index (χ1v) is 12.6. The molecule has 3 rings (SSSR count). The van der Waals surface area contributed by atoms with Crippen LogP contribution in [0, 0.1) is 0 Å². The number of fused-ring (bicyclic) bond motifs is 1. The quantitative estimate of drug-likeness (QED) is 0.174. The monoisotopic (exact) mass is 545 g/mol. The molecule has 2 aliphatic heterocycles. The van der Waals surface area contributed by atoms with E-state index >= 15 is 0 Å². The fourth-order valence-corrected chi connectivity index (χ4v) is 5.32. The third-order valence-electron chi connectivity index (χ3n) is 4.60. The fourth-order valence-electron chi connectivity index (χ4n) is 3.17. The highest BCUT2D eigenvalue weighted by molar-refractivity contribution is 8.00. The molecule has 2 aliphatic rings. The number of allylic oxidation sites excluding steroid dienone is 2. The Morgan fingerprint density at radius 3 is 2.86 bits per heavy atom. The van der Waals surface area contributed by atoms with E-state index in [0.29, 0.717) is 11.3 Å². The van der Waals surface area contributed by atoms with Gasteiger partial charge in [-0.1, -0.05) is 17.3 Å². The Labute approximate surface area is 212 Å². The van der Waals surface area contributed by atoms with E-state index < -0.39 is 42.0 Å². The van der Waals surface area contributed by atoms with E-state index in [0.717, 1.165) is 16.2 Å². The maximum absolute atomic E-state index is 13.2. The minimum atomic E-state index is -1.35. The van der Waals surface area contributed by atoms with Crippen LogP contribution in [-0.4, -0.2) is 80.2 Å². The minimum Gasteiger partial charge on any atom is -0.477 e. The second kappa shape index (κ2) is 11.6. The van der Waals surface area contributed by atoms with Gasteiger partial charge in [-0.05, 0) is 12.5 Å². The predicted octanol–water partition coefficient (Wildman–Crippen LogP) is 1.71. The molecule has 0 aromatic carbocycles. The lowest BCUT2D eigenvalue weighted by Gasteiger charge is -2.49. The summed E-state index contributed by atoms with van der Waals surface area (Å²) in [4.78, 5) is 59.1. The Bertz CT molecular complexity index is 1120. The van der Waals surface area contributed by atoms with Crippen LogP contribution in [0.2, 0.25) is 0 Å². The third kappa shape index (κ3) is 6.18. The number of β-lactam (4-membered cyclic amide) rings is 1. The summed E-state index contributed by atoms with van der Waals surface area (Å²) in [7, 11) is 0. The topological polar surface area (TPSA) is 150 Å². The highest BCUT2D eigenvalue weighted by Crippen LogP contribution is 2.40. The zero-order valence-corrected chi connectivity index (χ0v) is 20.9. The van der Waals surface area contributed by atoms with Crippen molar-refractivity contribution in [2.45, 2.75) is 31.4 Å². The molecule has 1 aromatic heterocycles. The van der Waals surface area contributed by atoms with Gasteiger partial charge in [0.05, 0.1) is 0 Å². The number of carbonyl (C=O) groups excluding carboxylic acids is 3. The highest BCUT2D eigenvalue weighted by Gasteiger charge is 2.54. The second-order valence-electron chi connectivity index (χ2n) is 7.33. The van der Waals surface area contributed by atoms with Gasteiger partial charge in [-0.15, -0.1) is 34.7 Å². The van der Waals surface area contributed by atoms with Gasteiger partial charge in [-0.25, -0.2) is 14.2 Å². The molecule has 3 amide bonds. The van der Waals surface area contributed by atoms with Crippen LogP contribution in [0.25, 0.3) is 0 Å². The van der Waals surface area contributed by atoms with Crippen LogP contribution >= 0.6 is 34.7 Å². The maximum Gasteiger partial charge on any atom is 0.352 e. The SMILES string of the molecule is CC(=O)Nc1nc(C(=NOCC(C)F)C(=O)N[C@@H]2C(=O)N3C(C(=O)O)=C(C=CCCl)CS[C@@H]23)cs1. The van der Waals surface area contributed by atoms with Crippen LogP contribution in [-0.2, 0) is 24.0 Å². The molecule has 1 saturated heterocycles. The molecule has 0 saturated carbocycles. The summed E-state index contributed by atoms with van der Waals surface area (Å²) in [6.07, 6.45) is 1.79. The number of alkyl halides is 2. The average molecular weight is 546 g/mol. The normalized spacial score (nSPS) is 20.9. The summed E-state index contributed by atoms with van der Waals surface area (Å²) in [5.41, 5.74) is -0.0201. The summed E-state index contributed by atoms with van der Waals surface area (Å²) in [5, 5.41) is 19.3. The first kappa shape index (κ1) is 26.6. The number of amides is 3. The molecule has 35 heavy (non-hydrogen) atoms. The van der Waals surface area contributed by atoms with Gasteiger partial charge in [-0.3, -0.25) is 19.3 Å². The van der Waals surface area contributed by atoms with E-state index in [9.17, 15) is 28.7 Å². The number of halogens is 2. The zero-order chi connectivity index (χ0) is 25.7. The molecule has 0 bridgehead atoms. The lowest BCUT2D eigenvalue weighted by molar-refractivity contribution is -0.150. The molecule has 0 spiro atoms. The van der Waals surface area contributed by atoms with Gasteiger partial charge in [0.1, 0.15) is 35.6 Å². The lowest BCUT2D eigenvalue weighted by atomic mass is 10.0. The fraction of sp³-hybridized carbons (Fsp3) is 0.400. The summed E-state index contributed by atoms with van der Waals surface area (Å²) < 4.78 is 13.2. The number of anilines is 1. The van der Waals surface area contributed by atoms with Crippen molar-refractivity contribution < 1.29 is 33.5 Å². The number of nitrogens with one attached hydrogen (secondary N) is 2. The van der Waals surface area contributed by atoms with Crippen LogP contribution in [0.3, 0.4) is 0 Å². The van der Waals surface area contributed by atoms with Crippen molar-refractivity contribution in [2.75, 3.05) is 23.6 Å². The molecular weight excluding hydrogens is 525 g/mol. The van der Waals surface area contributed by atoms with Crippen molar-refractivity contribution in [3.05, 3.63) is 34.5 Å². The van der Waals surface area contributed by atoms with Crippen molar-refractivity contribution in [1.29, 1.82) is 0 Å². The molecule has 3 N–H and O–H groups in total. The number of aromatic nitrogens is 1. The summed E-state index contributed by atoms with van der Waals surface area (Å²) in [6, 6.07) is -1.03. The van der Waals surface area contributed by atoms with Crippen LogP contribution < -0.4 is 10.6 Å². The third-order valence-corrected chi connectivity index (χ3v) is 6.84. The summed E-state index contributed by atoms with van der Waals surface area (Å²) in [5.74, 6) is -2.61. The predicted molar refractivity (Wildman–Crippen MR) is 129 cm³/mol. The van der Waals surface area contributed by atoms with E-state index in [1.54, 1.807) is 12.2 Å². The van der Waals surface area contributed by atoms with E-state index in [1.807, 2.05) is 0 Å². The second-order valence-corrected chi connectivity index (χ2v) is 9.60. The highest BCUT2D eigenvalue weighted by atomic mass is 35.5. The minimum absolute atomic E-state index is 0.0438. The first-order valence-electron chi connectivity index (χ1n) is 10.2. The number of carboxylic acids is 1. The van der Waals surface area contributed by atoms with E-state index in [-0.39, 0.29) is 34.0 Å². The largest absolute Gasteiger partial charge is 0.477 e. The molecule has 188 valence electrons. The molecular formula is C20H21ClFN5O6S2. The Balaban J connectivity index is 1.80. The van der Waals surface area contributed by atoms with Crippen LogP contribution in [0.15, 0.2) is 34.0 Å². The molecule has 11 nitrogen and oxygen atoms in total. The van der Waals surface area contributed by atoms with Gasteiger partial charge < -0.3 is 20.6 Å². The summed E-state index contributed by atoms with van der Waals surface area (Å²) >= 11 is 7.95. The number of thioether (sulfide) groups is 1. The van der Waals surface area contributed by atoms with Crippen LogP contribution in [0.4, 0.5) is 9.52 Å². The first-order chi connectivity index (χ1) is 16.6. The molecule has 1 unspecified atom stereocenters. The Morgan fingerprint density at radius 2 is 2.23 bits per heavy atom. The van der Waals surface area contributed by atoms with Crippen molar-refractivity contribution in [3.8, 4) is 0 Å². The molecule has 0 aliphatic carbocycles. The molecule has 3 heterocycles. The van der Waals surface area contributed by atoms with Gasteiger partial charge in [0.15, 0.2) is 10.8 Å². The molecule has 0 radical (unpaired) electrons. The Kier molecular flexibility index (Phi) is 8.86. The van der Waals surface area contributed by atoms with Gasteiger partial charge in [0.25, 0.3) is 11.8 Å². The number of oxime groups is 1. The number of thiazole rings is 1. The number of carbonyl (C=O) groups is 4. The Morgan fingerprint density at radius 1 is 1.49 bits per heavy atom. The molecule has 1 aromatic rings. The smallest absolute Gasteiger partial charge is 0.352 e. The standard InChI is InChI=1S/C20H21ClFN5O6S2/c1-9(22)6-33-26-13(12-8-35-20(24-12)23-10(2)28)16(29)25-14-17(30)27-15(19(31)32)11(4-3-5-21)7-34-18(14)27/h3-4,8-9,14,18H,5-7H2,1-2H3,(H,25,29)(H,31,32)(H,23,24,28)/t9?,14-,18+/m1/s1. The molecule has 1 fully saturated rings. The Hall–Kier alpha value is -2.97. The van der Waals surface area contributed by atoms with Crippen LogP contribution in [0.1, 0.15) is 19.5 Å². The van der Waals surface area contributed by atoms with Gasteiger partial charge in [-0.2, -0.15) is 0 Å². The number of aliphatic carboxylic acids is 1. The number of rotatable bonds is 10. The maximum atomic E-state index is 13.2. The summed E-state index contributed by atoms with van der Waals surface area (Å²) in [6.45, 7) is 2.12. The van der Waals surface area contributed by atoms with Crippen molar-refractivity contribution in [1.82, 2.24) is 15.2 Å². The van der Waals surface area contributed by atoms with Gasteiger partial charge >= 0.3 is 5.97 Å². The van der Waals surface area contributed by atoms with Crippen LogP contribution in [0.5, 0.6) is 0 Å². The lowest BCUT2D eigenvalue weighted by Crippen LogP contribution is -2.71. The number of hydrogen-bond acceptors (Lipinski definition) is 9. The van der Waals surface area contributed by atoms with Gasteiger partial charge in [0, 0.05) is 23.9 Å². The van der Waals surface area contributed by atoms with Crippen molar-refractivity contribution >= 4 is 69.2 Å². The zero-order valence-electron chi connectivity index (χ0n) is 18.5. The van der Waals surface area contributed by atoms with Gasteiger partial charge in [0.2, 0.25) is 5.91 Å². The van der Waals surface area contributed by atoms with Crippen molar-refractivity contribution in [3.63, 3.8) is 0 Å². The van der Waals surface area contributed by atoms with E-state index in [4.69, 9.17) is 16.4 Å². The number of nitrogens with zero attached hydrogens (tertiary/aromatic N) is 3. The molecule has 3 atom stereocenters. The van der Waals surface area contributed by atoms with Crippen molar-refractivity contribution in [2.24, 2.45) is 5.16 Å². The average Bonchev–Trinajstić information content (AvgIpc) is 3.24. The molecule has 15 heteroatoms. The van der Waals surface area contributed by atoms with E-state index in [1.165, 1.54) is 31.0 Å². The number of hydrogen-bond donors (Lipinski definition) is 3.